The van der Waals surface area contributed by atoms with E-state index in [9.17, 15) is 0 Å². The first-order valence-corrected chi connectivity index (χ1v) is 6.65. The van der Waals surface area contributed by atoms with Gasteiger partial charge in [-0.25, -0.2) is 0 Å². The lowest BCUT2D eigenvalue weighted by Gasteiger charge is -2.32. The van der Waals surface area contributed by atoms with Gasteiger partial charge in [-0.2, -0.15) is 0 Å². The SMILES string of the molecule is C[C](C)CN1CCC(Cc2ccccn2)CC1. The summed E-state index contributed by atoms with van der Waals surface area (Å²) in [5, 5.41) is 0. The Hall–Kier alpha value is -0.890. The number of hydrogen-bond donors (Lipinski definition) is 0. The second kappa shape index (κ2) is 6.15. The van der Waals surface area contributed by atoms with Crippen molar-refractivity contribution in [1.82, 2.24) is 9.88 Å². The van der Waals surface area contributed by atoms with Crippen LogP contribution in [0.2, 0.25) is 0 Å². The predicted molar refractivity (Wildman–Crippen MR) is 71.7 cm³/mol. The highest BCUT2D eigenvalue weighted by Gasteiger charge is 2.20. The Morgan fingerprint density at radius 1 is 1.29 bits per heavy atom. The smallest absolute Gasteiger partial charge is 0.0406 e. The number of likely N-dealkylation sites (tertiary alicyclic amines) is 1. The molecule has 2 rings (SSSR count). The van der Waals surface area contributed by atoms with E-state index in [4.69, 9.17) is 0 Å². The highest BCUT2D eigenvalue weighted by atomic mass is 15.1. The fourth-order valence-corrected chi connectivity index (χ4v) is 2.61. The first-order valence-electron chi connectivity index (χ1n) is 6.65. The second-order valence-electron chi connectivity index (χ2n) is 5.45. The van der Waals surface area contributed by atoms with Gasteiger partial charge in [0.2, 0.25) is 0 Å². The van der Waals surface area contributed by atoms with E-state index in [1.807, 2.05) is 12.3 Å². The quantitative estimate of drug-likeness (QED) is 0.792. The number of rotatable bonds is 4. The highest BCUT2D eigenvalue weighted by molar-refractivity contribution is 5.04. The summed E-state index contributed by atoms with van der Waals surface area (Å²) in [5.74, 6) is 2.35. The second-order valence-corrected chi connectivity index (χ2v) is 5.45. The predicted octanol–water partition coefficient (Wildman–Crippen LogP) is 2.95. The van der Waals surface area contributed by atoms with Crippen LogP contribution >= 0.6 is 0 Å². The Balaban J connectivity index is 1.76. The van der Waals surface area contributed by atoms with Crippen LogP contribution in [0.3, 0.4) is 0 Å². The van der Waals surface area contributed by atoms with Gasteiger partial charge in [-0.1, -0.05) is 19.9 Å². The van der Waals surface area contributed by atoms with E-state index >= 15 is 0 Å². The van der Waals surface area contributed by atoms with E-state index in [-0.39, 0.29) is 0 Å². The van der Waals surface area contributed by atoms with Gasteiger partial charge in [0.25, 0.3) is 0 Å². The van der Waals surface area contributed by atoms with Crippen LogP contribution in [0.25, 0.3) is 0 Å². The number of hydrogen-bond acceptors (Lipinski definition) is 2. The summed E-state index contributed by atoms with van der Waals surface area (Å²) in [4.78, 5) is 7.00. The molecule has 1 fully saturated rings. The highest BCUT2D eigenvalue weighted by Crippen LogP contribution is 2.21. The molecule has 2 heterocycles. The maximum Gasteiger partial charge on any atom is 0.0406 e. The Kier molecular flexibility index (Phi) is 4.55. The van der Waals surface area contributed by atoms with E-state index in [0.29, 0.717) is 0 Å². The Labute approximate surface area is 105 Å². The average molecular weight is 231 g/mol. The van der Waals surface area contributed by atoms with Gasteiger partial charge in [-0.15, -0.1) is 0 Å². The summed E-state index contributed by atoms with van der Waals surface area (Å²) in [7, 11) is 0. The molecule has 2 nitrogen and oxygen atoms in total. The molecular weight excluding hydrogens is 208 g/mol. The number of piperidine rings is 1. The summed E-state index contributed by atoms with van der Waals surface area (Å²) in [5.41, 5.74) is 1.25. The van der Waals surface area contributed by atoms with Crippen molar-refractivity contribution in [3.05, 3.63) is 36.0 Å². The van der Waals surface area contributed by atoms with Gasteiger partial charge in [-0.05, 0) is 56.3 Å². The molecule has 0 amide bonds. The van der Waals surface area contributed by atoms with Crippen molar-refractivity contribution < 1.29 is 0 Å². The van der Waals surface area contributed by atoms with Gasteiger partial charge >= 0.3 is 0 Å². The molecule has 1 aromatic rings. The Morgan fingerprint density at radius 3 is 2.65 bits per heavy atom. The van der Waals surface area contributed by atoms with Crippen molar-refractivity contribution in [2.45, 2.75) is 33.1 Å². The molecule has 0 aromatic carbocycles. The van der Waals surface area contributed by atoms with E-state index in [1.165, 1.54) is 44.1 Å². The van der Waals surface area contributed by atoms with Gasteiger partial charge in [0.05, 0.1) is 0 Å². The molecule has 0 spiro atoms. The van der Waals surface area contributed by atoms with Crippen molar-refractivity contribution in [1.29, 1.82) is 0 Å². The van der Waals surface area contributed by atoms with Crippen molar-refractivity contribution in [3.63, 3.8) is 0 Å². The van der Waals surface area contributed by atoms with Crippen LogP contribution in [-0.2, 0) is 6.42 Å². The van der Waals surface area contributed by atoms with Gasteiger partial charge < -0.3 is 4.90 Å². The third kappa shape index (κ3) is 4.12. The third-order valence-corrected chi connectivity index (χ3v) is 3.47. The number of aromatic nitrogens is 1. The molecule has 1 radical (unpaired) electrons. The molecule has 0 unspecified atom stereocenters. The largest absolute Gasteiger partial charge is 0.303 e. The average Bonchev–Trinajstić information content (AvgIpc) is 2.32. The molecule has 1 aliphatic rings. The van der Waals surface area contributed by atoms with Crippen molar-refractivity contribution in [2.75, 3.05) is 19.6 Å². The molecule has 1 saturated heterocycles. The molecule has 1 aromatic heterocycles. The molecule has 0 N–H and O–H groups in total. The first kappa shape index (κ1) is 12.6. The third-order valence-electron chi connectivity index (χ3n) is 3.47. The van der Waals surface area contributed by atoms with Crippen LogP contribution in [0.4, 0.5) is 0 Å². The lowest BCUT2D eigenvalue weighted by atomic mass is 9.91. The molecular formula is C15H23N2. The minimum absolute atomic E-state index is 0.832. The normalized spacial score (nSPS) is 18.8. The number of nitrogens with zero attached hydrogens (tertiary/aromatic N) is 2. The Morgan fingerprint density at radius 2 is 2.06 bits per heavy atom. The summed E-state index contributed by atoms with van der Waals surface area (Å²) in [6, 6.07) is 6.23. The van der Waals surface area contributed by atoms with Crippen LogP contribution < -0.4 is 0 Å². The zero-order valence-corrected chi connectivity index (χ0v) is 11.0. The van der Waals surface area contributed by atoms with E-state index in [0.717, 1.165) is 12.3 Å². The van der Waals surface area contributed by atoms with Gasteiger partial charge in [-0.3, -0.25) is 4.98 Å². The standard InChI is InChI=1S/C15H23N2/c1-13(2)12-17-9-6-14(7-10-17)11-15-5-3-4-8-16-15/h3-5,8,14H,6-7,9-12H2,1-2H3. The van der Waals surface area contributed by atoms with Gasteiger partial charge in [0.15, 0.2) is 0 Å². The Bertz CT molecular complexity index is 313. The summed E-state index contributed by atoms with van der Waals surface area (Å²) >= 11 is 0. The van der Waals surface area contributed by atoms with Gasteiger partial charge in [0, 0.05) is 18.4 Å². The molecule has 0 aliphatic carbocycles. The van der Waals surface area contributed by atoms with Gasteiger partial charge in [0.1, 0.15) is 0 Å². The van der Waals surface area contributed by atoms with Crippen molar-refractivity contribution in [3.8, 4) is 0 Å². The van der Waals surface area contributed by atoms with Crippen LogP contribution in [-0.4, -0.2) is 29.5 Å². The fraction of sp³-hybridized carbons (Fsp3) is 0.600. The minimum atomic E-state index is 0.832. The fourth-order valence-electron chi connectivity index (χ4n) is 2.61. The van der Waals surface area contributed by atoms with Crippen LogP contribution in [0.5, 0.6) is 0 Å². The zero-order valence-electron chi connectivity index (χ0n) is 11.0. The molecule has 2 heteroatoms. The topological polar surface area (TPSA) is 16.1 Å². The van der Waals surface area contributed by atoms with Crippen LogP contribution in [0, 0.1) is 11.8 Å². The zero-order chi connectivity index (χ0) is 12.1. The maximum atomic E-state index is 4.42. The maximum absolute atomic E-state index is 4.42. The lowest BCUT2D eigenvalue weighted by molar-refractivity contribution is 0.189. The molecule has 0 saturated carbocycles. The van der Waals surface area contributed by atoms with E-state index in [2.05, 4.69) is 35.9 Å². The molecule has 0 atom stereocenters. The molecule has 1 aliphatic heterocycles. The monoisotopic (exact) mass is 231 g/mol. The van der Waals surface area contributed by atoms with Crippen molar-refractivity contribution >= 4 is 0 Å². The summed E-state index contributed by atoms with van der Waals surface area (Å²) in [6.45, 7) is 8.13. The van der Waals surface area contributed by atoms with Crippen LogP contribution in [0.1, 0.15) is 32.4 Å². The van der Waals surface area contributed by atoms with Crippen molar-refractivity contribution in [2.24, 2.45) is 5.92 Å². The molecule has 93 valence electrons. The summed E-state index contributed by atoms with van der Waals surface area (Å²) < 4.78 is 0. The molecule has 0 bridgehead atoms. The first-order chi connectivity index (χ1) is 8.24. The minimum Gasteiger partial charge on any atom is -0.303 e. The van der Waals surface area contributed by atoms with E-state index < -0.39 is 0 Å². The number of pyridine rings is 1. The lowest BCUT2D eigenvalue weighted by Crippen LogP contribution is -2.36. The molecule has 17 heavy (non-hydrogen) atoms. The van der Waals surface area contributed by atoms with Crippen LogP contribution in [0.15, 0.2) is 24.4 Å². The summed E-state index contributed by atoms with van der Waals surface area (Å²) in [6.07, 6.45) is 5.71. The van der Waals surface area contributed by atoms with E-state index in [1.54, 1.807) is 0 Å².